The molecule has 4 aromatic rings. The van der Waals surface area contributed by atoms with Crippen molar-refractivity contribution in [3.8, 4) is 0 Å². The van der Waals surface area contributed by atoms with Gasteiger partial charge in [-0.1, -0.05) is 174 Å². The molecule has 0 atom stereocenters. The zero-order chi connectivity index (χ0) is 28.5. The van der Waals surface area contributed by atoms with Crippen molar-refractivity contribution >= 4 is 0 Å². The third-order valence-corrected chi connectivity index (χ3v) is 3.57. The molecule has 0 fully saturated rings. The summed E-state index contributed by atoms with van der Waals surface area (Å²) in [6.45, 7) is 30.6. The van der Waals surface area contributed by atoms with Gasteiger partial charge in [0, 0.05) is 0 Å². The molecule has 0 amide bonds. The lowest BCUT2D eigenvalue weighted by molar-refractivity contribution is 1.48. The quantitative estimate of drug-likeness (QED) is 0.218. The van der Waals surface area contributed by atoms with Gasteiger partial charge in [0.1, 0.15) is 0 Å². The summed E-state index contributed by atoms with van der Waals surface area (Å²) in [7, 11) is 0. The van der Waals surface area contributed by atoms with Crippen LogP contribution in [0, 0.1) is 34.6 Å². The third kappa shape index (κ3) is 32.8. The van der Waals surface area contributed by atoms with E-state index < -0.39 is 0 Å². The molecular formula is C36H51. The van der Waals surface area contributed by atoms with E-state index in [1.807, 2.05) is 125 Å². The van der Waals surface area contributed by atoms with E-state index in [0.29, 0.717) is 0 Å². The maximum Gasteiger partial charge on any atom is -0.0238 e. The van der Waals surface area contributed by atoms with Gasteiger partial charge < -0.3 is 0 Å². The second kappa shape index (κ2) is 36.2. The van der Waals surface area contributed by atoms with E-state index in [2.05, 4.69) is 72.0 Å². The van der Waals surface area contributed by atoms with Crippen molar-refractivity contribution in [2.24, 2.45) is 0 Å². The van der Waals surface area contributed by atoms with E-state index in [1.54, 1.807) is 6.92 Å². The molecule has 4 rings (SSSR count). The van der Waals surface area contributed by atoms with Crippen molar-refractivity contribution in [1.29, 1.82) is 0 Å². The fourth-order valence-corrected chi connectivity index (χ4v) is 2.02. The topological polar surface area (TPSA) is 0 Å². The van der Waals surface area contributed by atoms with Gasteiger partial charge in [-0.25, -0.2) is 0 Å². The predicted molar refractivity (Wildman–Crippen MR) is 169 cm³/mol. The van der Waals surface area contributed by atoms with Crippen LogP contribution in [0.25, 0.3) is 0 Å². The smallest absolute Gasteiger partial charge is 0.0238 e. The highest BCUT2D eigenvalue weighted by Crippen LogP contribution is 1.94. The maximum atomic E-state index is 3.72. The van der Waals surface area contributed by atoms with Gasteiger partial charge in [0.05, 0.1) is 0 Å². The molecule has 0 heterocycles. The van der Waals surface area contributed by atoms with Crippen molar-refractivity contribution in [1.82, 2.24) is 0 Å². The number of benzene rings is 4. The molecule has 0 unspecified atom stereocenters. The van der Waals surface area contributed by atoms with Crippen LogP contribution in [0.4, 0.5) is 0 Å². The molecule has 4 aromatic carbocycles. The minimum atomic E-state index is 1.07. The monoisotopic (exact) mass is 483 g/mol. The van der Waals surface area contributed by atoms with E-state index >= 15 is 0 Å². The first-order valence-electron chi connectivity index (χ1n) is 12.6. The molecule has 0 aliphatic heterocycles. The van der Waals surface area contributed by atoms with Crippen molar-refractivity contribution < 1.29 is 0 Å². The van der Waals surface area contributed by atoms with Crippen LogP contribution in [-0.4, -0.2) is 0 Å². The molecule has 0 bridgehead atoms. The summed E-state index contributed by atoms with van der Waals surface area (Å²) in [4.78, 5) is 0. The highest BCUT2D eigenvalue weighted by atomic mass is 13.8. The number of hydrogen-bond donors (Lipinski definition) is 0. The van der Waals surface area contributed by atoms with E-state index in [1.165, 1.54) is 11.1 Å². The summed E-state index contributed by atoms with van der Waals surface area (Å²) in [5.41, 5.74) is 4.79. The Kier molecular flexibility index (Phi) is 40.0. The SMILES string of the molecule is C=C.CC.CC.Cc1ccccc1.Cc1ccccc1.[CH2]C.[CH2]c1ccccc1.[CH2]c1ccccc1. The van der Waals surface area contributed by atoms with Gasteiger partial charge in [-0.2, -0.15) is 0 Å². The normalized spacial score (nSPS) is 7.39. The molecule has 0 aliphatic carbocycles. The van der Waals surface area contributed by atoms with Gasteiger partial charge in [-0.15, -0.1) is 13.2 Å². The molecule has 0 heteroatoms. The number of hydrogen-bond acceptors (Lipinski definition) is 0. The Balaban J connectivity index is -0.000000173. The van der Waals surface area contributed by atoms with Crippen LogP contribution in [0.5, 0.6) is 0 Å². The van der Waals surface area contributed by atoms with Crippen molar-refractivity contribution in [2.75, 3.05) is 0 Å². The molecule has 195 valence electrons. The standard InChI is InChI=1S/2C7H8.2C7H7.2C2H6.C2H5.C2H4/c4*1-7-5-3-2-4-6-7;4*1-2/h2*2-6H,1H3;2*2-6H,1H2;2*1-2H3;1H2,2H3;1-2H2. The molecule has 0 spiro atoms. The lowest BCUT2D eigenvalue weighted by atomic mass is 10.2. The van der Waals surface area contributed by atoms with Crippen LogP contribution in [0.15, 0.2) is 134 Å². The van der Waals surface area contributed by atoms with Gasteiger partial charge in [-0.3, -0.25) is 0 Å². The minimum Gasteiger partial charge on any atom is -0.106 e. The van der Waals surface area contributed by atoms with E-state index in [0.717, 1.165) is 11.1 Å². The average Bonchev–Trinajstić information content (AvgIpc) is 2.96. The maximum absolute atomic E-state index is 3.72. The van der Waals surface area contributed by atoms with Crippen LogP contribution >= 0.6 is 0 Å². The Morgan fingerprint density at radius 3 is 0.611 bits per heavy atom. The highest BCUT2D eigenvalue weighted by Gasteiger charge is 1.74. The van der Waals surface area contributed by atoms with E-state index in [9.17, 15) is 0 Å². The largest absolute Gasteiger partial charge is 0.106 e. The average molecular weight is 484 g/mol. The second-order valence-electron chi connectivity index (χ2n) is 6.28. The first-order chi connectivity index (χ1) is 17.6. The fraction of sp³-hybridized carbons (Fsp3) is 0.194. The first kappa shape index (κ1) is 39.8. The lowest BCUT2D eigenvalue weighted by Gasteiger charge is -1.82. The second-order valence-corrected chi connectivity index (χ2v) is 6.28. The Morgan fingerprint density at radius 1 is 0.361 bits per heavy atom. The van der Waals surface area contributed by atoms with Crippen LogP contribution in [0.1, 0.15) is 56.9 Å². The highest BCUT2D eigenvalue weighted by molar-refractivity contribution is 5.17. The molecule has 0 aromatic heterocycles. The van der Waals surface area contributed by atoms with Gasteiger partial charge in [-0.05, 0) is 38.8 Å². The third-order valence-electron chi connectivity index (χ3n) is 3.57. The minimum absolute atomic E-state index is 1.07. The van der Waals surface area contributed by atoms with Crippen LogP contribution in [-0.2, 0) is 0 Å². The van der Waals surface area contributed by atoms with Crippen molar-refractivity contribution in [2.45, 2.75) is 48.5 Å². The fourth-order valence-electron chi connectivity index (χ4n) is 2.02. The van der Waals surface area contributed by atoms with Gasteiger partial charge >= 0.3 is 0 Å². The number of aryl methyl sites for hydroxylation is 2. The van der Waals surface area contributed by atoms with Gasteiger partial charge in [0.2, 0.25) is 0 Å². The Hall–Kier alpha value is -3.38. The Labute approximate surface area is 225 Å². The van der Waals surface area contributed by atoms with Crippen molar-refractivity contribution in [3.63, 3.8) is 0 Å². The van der Waals surface area contributed by atoms with Gasteiger partial charge in [0.25, 0.3) is 0 Å². The summed E-state index contributed by atoms with van der Waals surface area (Å²) in [6, 6.07) is 40.3. The zero-order valence-electron chi connectivity index (χ0n) is 24.1. The molecule has 0 saturated carbocycles. The molecule has 0 N–H and O–H groups in total. The lowest BCUT2D eigenvalue weighted by Crippen LogP contribution is -1.62. The van der Waals surface area contributed by atoms with E-state index in [-0.39, 0.29) is 0 Å². The summed E-state index contributed by atoms with van der Waals surface area (Å²) >= 11 is 0. The zero-order valence-corrected chi connectivity index (χ0v) is 24.1. The van der Waals surface area contributed by atoms with Crippen LogP contribution in [0.3, 0.4) is 0 Å². The summed E-state index contributed by atoms with van der Waals surface area (Å²) in [5.74, 6) is 0. The van der Waals surface area contributed by atoms with Crippen LogP contribution in [0.2, 0.25) is 0 Å². The van der Waals surface area contributed by atoms with Gasteiger partial charge in [0.15, 0.2) is 0 Å². The Bertz CT molecular complexity index is 685. The van der Waals surface area contributed by atoms with Crippen LogP contribution < -0.4 is 0 Å². The summed E-state index contributed by atoms with van der Waals surface area (Å²) < 4.78 is 0. The first-order valence-corrected chi connectivity index (χ1v) is 12.6. The predicted octanol–water partition coefficient (Wildman–Crippen LogP) is 11.4. The molecular weight excluding hydrogens is 432 g/mol. The summed E-state index contributed by atoms with van der Waals surface area (Å²) in [6.07, 6.45) is 0. The van der Waals surface area contributed by atoms with E-state index in [4.69, 9.17) is 0 Å². The Morgan fingerprint density at radius 2 is 0.528 bits per heavy atom. The number of rotatable bonds is 0. The summed E-state index contributed by atoms with van der Waals surface area (Å²) in [5, 5.41) is 0. The molecule has 3 radical (unpaired) electrons. The molecule has 0 saturated heterocycles. The molecule has 0 nitrogen and oxygen atoms in total. The molecule has 36 heavy (non-hydrogen) atoms. The van der Waals surface area contributed by atoms with Crippen molar-refractivity contribution in [3.05, 3.63) is 178 Å². The molecule has 0 aliphatic rings.